The lowest BCUT2D eigenvalue weighted by molar-refractivity contribution is 0.419. The second-order valence-electron chi connectivity index (χ2n) is 4.65. The van der Waals surface area contributed by atoms with Gasteiger partial charge in [-0.15, -0.1) is 0 Å². The molecule has 1 aromatic heterocycles. The Bertz CT molecular complexity index is 899. The molecular formula is C15H12F2N2OS. The van der Waals surface area contributed by atoms with Crippen LogP contribution in [0.3, 0.4) is 0 Å². The van der Waals surface area contributed by atoms with Crippen molar-refractivity contribution >= 4 is 23.3 Å². The van der Waals surface area contributed by atoms with Crippen molar-refractivity contribution in [1.82, 2.24) is 9.55 Å². The first-order chi connectivity index (χ1) is 10.0. The summed E-state index contributed by atoms with van der Waals surface area (Å²) in [6.07, 6.45) is 0. The highest BCUT2D eigenvalue weighted by Crippen LogP contribution is 2.29. The summed E-state index contributed by atoms with van der Waals surface area (Å²) < 4.78 is 35.3. The standard InChI is InChI=1S/C15H12F2N2OS/c1-8-6-7-9(16)14(12(8)17)19-10-4-3-5-11(20-2)13(10)18-15(19)21/h3-7H,1-2H3,(H,18,21). The van der Waals surface area contributed by atoms with Gasteiger partial charge in [-0.25, -0.2) is 8.78 Å². The SMILES string of the molecule is COc1cccc2c1[nH]c(=S)n2-c1c(F)ccc(C)c1F. The molecule has 0 amide bonds. The van der Waals surface area contributed by atoms with E-state index in [2.05, 4.69) is 4.98 Å². The Hall–Kier alpha value is -2.21. The smallest absolute Gasteiger partial charge is 0.183 e. The van der Waals surface area contributed by atoms with E-state index in [1.54, 1.807) is 25.1 Å². The highest BCUT2D eigenvalue weighted by molar-refractivity contribution is 7.71. The van der Waals surface area contributed by atoms with Gasteiger partial charge in [0.25, 0.3) is 0 Å². The lowest BCUT2D eigenvalue weighted by atomic mass is 10.2. The first kappa shape index (κ1) is 13.8. The molecule has 1 heterocycles. The number of nitrogens with one attached hydrogen (secondary N) is 1. The molecule has 0 aliphatic rings. The number of halogens is 2. The fourth-order valence-corrected chi connectivity index (χ4v) is 2.63. The van der Waals surface area contributed by atoms with E-state index in [-0.39, 0.29) is 10.5 Å². The van der Waals surface area contributed by atoms with E-state index in [0.29, 0.717) is 22.3 Å². The number of H-pyrrole nitrogens is 1. The Morgan fingerprint density at radius 2 is 1.95 bits per heavy atom. The fourth-order valence-electron chi connectivity index (χ4n) is 2.34. The van der Waals surface area contributed by atoms with Gasteiger partial charge in [0.15, 0.2) is 10.6 Å². The Morgan fingerprint density at radius 3 is 2.67 bits per heavy atom. The van der Waals surface area contributed by atoms with Gasteiger partial charge in [-0.3, -0.25) is 4.57 Å². The predicted octanol–water partition coefficient (Wildman–Crippen LogP) is 4.28. The van der Waals surface area contributed by atoms with Crippen LogP contribution >= 0.6 is 12.2 Å². The molecule has 0 atom stereocenters. The zero-order valence-corrected chi connectivity index (χ0v) is 12.2. The van der Waals surface area contributed by atoms with Crippen molar-refractivity contribution in [2.45, 2.75) is 6.92 Å². The third-order valence-electron chi connectivity index (χ3n) is 3.38. The number of hydrogen-bond donors (Lipinski definition) is 1. The number of methoxy groups -OCH3 is 1. The Morgan fingerprint density at radius 1 is 1.19 bits per heavy atom. The van der Waals surface area contributed by atoms with Crippen molar-refractivity contribution in [3.8, 4) is 11.4 Å². The van der Waals surface area contributed by atoms with Gasteiger partial charge in [0.05, 0.1) is 12.6 Å². The second-order valence-corrected chi connectivity index (χ2v) is 5.03. The number of aromatic amines is 1. The van der Waals surface area contributed by atoms with E-state index in [0.717, 1.165) is 0 Å². The van der Waals surface area contributed by atoms with E-state index < -0.39 is 11.6 Å². The molecule has 0 radical (unpaired) electrons. The highest BCUT2D eigenvalue weighted by Gasteiger charge is 2.18. The molecule has 108 valence electrons. The number of aromatic nitrogens is 2. The minimum atomic E-state index is -0.669. The number of hydrogen-bond acceptors (Lipinski definition) is 2. The van der Waals surface area contributed by atoms with Crippen molar-refractivity contribution in [1.29, 1.82) is 0 Å². The van der Waals surface area contributed by atoms with E-state index >= 15 is 0 Å². The summed E-state index contributed by atoms with van der Waals surface area (Å²) >= 11 is 5.22. The third kappa shape index (κ3) is 2.03. The lowest BCUT2D eigenvalue weighted by Gasteiger charge is -2.09. The van der Waals surface area contributed by atoms with E-state index in [9.17, 15) is 8.78 Å². The molecule has 0 saturated carbocycles. The number of rotatable bonds is 2. The van der Waals surface area contributed by atoms with Crippen LogP contribution in [0, 0.1) is 23.3 Å². The summed E-state index contributed by atoms with van der Waals surface area (Å²) in [6, 6.07) is 7.85. The number of imidazole rings is 1. The molecule has 3 aromatic rings. The average molecular weight is 306 g/mol. The summed E-state index contributed by atoms with van der Waals surface area (Å²) in [7, 11) is 1.52. The Labute approximate surface area is 124 Å². The topological polar surface area (TPSA) is 29.9 Å². The van der Waals surface area contributed by atoms with Crippen molar-refractivity contribution in [2.24, 2.45) is 0 Å². The third-order valence-corrected chi connectivity index (χ3v) is 3.67. The van der Waals surface area contributed by atoms with Crippen molar-refractivity contribution in [3.63, 3.8) is 0 Å². The second kappa shape index (κ2) is 4.96. The molecule has 2 aromatic carbocycles. The van der Waals surface area contributed by atoms with Crippen LogP contribution in [0.15, 0.2) is 30.3 Å². The maximum atomic E-state index is 14.4. The summed E-state index contributed by atoms with van der Waals surface area (Å²) in [4.78, 5) is 2.94. The maximum absolute atomic E-state index is 14.4. The van der Waals surface area contributed by atoms with Crippen LogP contribution in [0.5, 0.6) is 5.75 Å². The Kier molecular flexibility index (Phi) is 3.25. The molecule has 1 N–H and O–H groups in total. The minimum Gasteiger partial charge on any atom is -0.494 e. The molecule has 0 bridgehead atoms. The largest absolute Gasteiger partial charge is 0.494 e. The zero-order chi connectivity index (χ0) is 15.1. The number of fused-ring (bicyclic) bond motifs is 1. The first-order valence-corrected chi connectivity index (χ1v) is 6.68. The summed E-state index contributed by atoms with van der Waals surface area (Å²) in [5.41, 5.74) is 1.33. The van der Waals surface area contributed by atoms with E-state index in [4.69, 9.17) is 17.0 Å². The van der Waals surface area contributed by atoms with Gasteiger partial charge >= 0.3 is 0 Å². The predicted molar refractivity (Wildman–Crippen MR) is 79.7 cm³/mol. The van der Waals surface area contributed by atoms with Crippen LogP contribution in [0.4, 0.5) is 8.78 Å². The molecule has 0 fully saturated rings. The molecule has 3 nitrogen and oxygen atoms in total. The maximum Gasteiger partial charge on any atom is 0.183 e. The molecule has 0 aliphatic carbocycles. The molecule has 0 saturated heterocycles. The number of benzene rings is 2. The molecule has 3 rings (SSSR count). The van der Waals surface area contributed by atoms with Gasteiger partial charge in [0.2, 0.25) is 0 Å². The quantitative estimate of drug-likeness (QED) is 0.716. The highest BCUT2D eigenvalue weighted by atomic mass is 32.1. The molecular weight excluding hydrogens is 294 g/mol. The lowest BCUT2D eigenvalue weighted by Crippen LogP contribution is -2.03. The number of aryl methyl sites for hydroxylation is 1. The van der Waals surface area contributed by atoms with Crippen LogP contribution in [0.2, 0.25) is 0 Å². The van der Waals surface area contributed by atoms with Crippen LogP contribution in [-0.2, 0) is 0 Å². The summed E-state index contributed by atoms with van der Waals surface area (Å²) in [5, 5.41) is 0. The van der Waals surface area contributed by atoms with Gasteiger partial charge in [-0.05, 0) is 42.9 Å². The number of ether oxygens (including phenoxy) is 1. The molecule has 6 heteroatoms. The van der Waals surface area contributed by atoms with E-state index in [1.165, 1.54) is 23.8 Å². The molecule has 21 heavy (non-hydrogen) atoms. The first-order valence-electron chi connectivity index (χ1n) is 6.27. The van der Waals surface area contributed by atoms with Gasteiger partial charge in [0, 0.05) is 0 Å². The average Bonchev–Trinajstić information content (AvgIpc) is 2.80. The van der Waals surface area contributed by atoms with E-state index in [1.807, 2.05) is 0 Å². The zero-order valence-electron chi connectivity index (χ0n) is 11.4. The van der Waals surface area contributed by atoms with Gasteiger partial charge in [0.1, 0.15) is 22.8 Å². The normalized spacial score (nSPS) is 11.0. The fraction of sp³-hybridized carbons (Fsp3) is 0.133. The van der Waals surface area contributed by atoms with Gasteiger partial charge in [-0.1, -0.05) is 12.1 Å². The molecule has 0 unspecified atom stereocenters. The molecule has 0 aliphatic heterocycles. The monoisotopic (exact) mass is 306 g/mol. The van der Waals surface area contributed by atoms with Gasteiger partial charge < -0.3 is 9.72 Å². The van der Waals surface area contributed by atoms with Crippen LogP contribution in [0.25, 0.3) is 16.7 Å². The van der Waals surface area contributed by atoms with Crippen LogP contribution < -0.4 is 4.74 Å². The van der Waals surface area contributed by atoms with Crippen molar-refractivity contribution in [2.75, 3.05) is 7.11 Å². The van der Waals surface area contributed by atoms with Gasteiger partial charge in [-0.2, -0.15) is 0 Å². The minimum absolute atomic E-state index is 0.181. The van der Waals surface area contributed by atoms with Crippen molar-refractivity contribution < 1.29 is 13.5 Å². The number of nitrogens with zero attached hydrogens (tertiary/aromatic N) is 1. The number of para-hydroxylation sites is 1. The molecule has 0 spiro atoms. The Balaban J connectivity index is 2.45. The summed E-state index contributed by atoms with van der Waals surface area (Å²) in [5.74, 6) is -0.737. The van der Waals surface area contributed by atoms with Crippen molar-refractivity contribution in [3.05, 3.63) is 52.3 Å². The van der Waals surface area contributed by atoms with Crippen LogP contribution in [-0.4, -0.2) is 16.7 Å². The van der Waals surface area contributed by atoms with Crippen LogP contribution in [0.1, 0.15) is 5.56 Å². The summed E-state index contributed by atoms with van der Waals surface area (Å²) in [6.45, 7) is 1.58.